The number of rotatable bonds is 6. The Morgan fingerprint density at radius 2 is 0.616 bits per heavy atom. The molecule has 6 aromatic heterocycles. The van der Waals surface area contributed by atoms with Gasteiger partial charge in [0.2, 0.25) is 0 Å². The maximum absolute atomic E-state index is 5.27. The molecule has 0 aliphatic heterocycles. The van der Waals surface area contributed by atoms with Crippen molar-refractivity contribution in [2.45, 2.75) is 5.41 Å². The molecule has 0 N–H and O–H groups in total. The molecule has 338 valence electrons. The SMILES string of the molecule is c1ccc2nc(-c3ccc4c(c3)C(c3ccc(-c5ccc6ccc7cccnc7c6n5)cc3)(c3ccc(-c5ccc6ccc7cccnc7c6n5)cc3)c3cc(-c5ccc6ccccc6n5)ccc3-4)ccc2c1. The first-order valence-electron chi connectivity index (χ1n) is 24.7. The van der Waals surface area contributed by atoms with E-state index in [1.807, 2.05) is 24.5 Å². The Hall–Kier alpha value is -9.78. The molecule has 0 unspecified atom stereocenters. The smallest absolute Gasteiger partial charge is 0.0972 e. The lowest BCUT2D eigenvalue weighted by atomic mass is 9.67. The summed E-state index contributed by atoms with van der Waals surface area (Å²) in [4.78, 5) is 30.5. The summed E-state index contributed by atoms with van der Waals surface area (Å²) < 4.78 is 0. The molecule has 0 spiro atoms. The molecule has 0 amide bonds. The number of hydrogen-bond donors (Lipinski definition) is 0. The molecular formula is C67H40N6. The van der Waals surface area contributed by atoms with E-state index >= 15 is 0 Å². The first-order valence-corrected chi connectivity index (χ1v) is 24.7. The standard InChI is InChI=1S/C67H40N6/c1-3-11-57-41(7-1)23-33-61(70-57)49-21-31-53-54-32-22-50(62-34-24-42-8-2-4-12-58(42)71-62)40-56(54)67(55(53)39-49,51-27-17-43(18-28-51)59-35-25-47-15-13-45-9-5-37-68-63(45)65(47)72-59)52-29-19-44(20-30-52)60-36-26-48-16-14-46-10-6-38-69-64(46)66(48)73-60/h1-40H. The third-order valence-corrected chi connectivity index (χ3v) is 15.0. The molecule has 1 aliphatic rings. The molecule has 6 heteroatoms. The monoisotopic (exact) mass is 928 g/mol. The topological polar surface area (TPSA) is 77.3 Å². The molecule has 6 heterocycles. The molecular weight excluding hydrogens is 889 g/mol. The highest BCUT2D eigenvalue weighted by molar-refractivity contribution is 6.04. The van der Waals surface area contributed by atoms with Gasteiger partial charge in [0.05, 0.1) is 61.3 Å². The zero-order valence-corrected chi connectivity index (χ0v) is 39.3. The third kappa shape index (κ3) is 6.51. The van der Waals surface area contributed by atoms with Gasteiger partial charge < -0.3 is 0 Å². The molecule has 15 rings (SSSR count). The van der Waals surface area contributed by atoms with Crippen LogP contribution in [0.15, 0.2) is 243 Å². The Kier molecular flexibility index (Phi) is 9.07. The summed E-state index contributed by atoms with van der Waals surface area (Å²) in [6.45, 7) is 0. The van der Waals surface area contributed by atoms with Crippen molar-refractivity contribution in [2.24, 2.45) is 0 Å². The van der Waals surface area contributed by atoms with Crippen molar-refractivity contribution < 1.29 is 0 Å². The highest BCUT2D eigenvalue weighted by Gasteiger charge is 2.46. The van der Waals surface area contributed by atoms with Gasteiger partial charge in [0.15, 0.2) is 0 Å². The van der Waals surface area contributed by atoms with Crippen LogP contribution in [0.25, 0.3) is 122 Å². The quantitative estimate of drug-likeness (QED) is 0.155. The number of pyridine rings is 6. The van der Waals surface area contributed by atoms with Gasteiger partial charge >= 0.3 is 0 Å². The van der Waals surface area contributed by atoms with Gasteiger partial charge in [-0.1, -0.05) is 170 Å². The number of nitrogens with zero attached hydrogens (tertiary/aromatic N) is 6. The molecule has 1 aliphatic carbocycles. The molecule has 0 fully saturated rings. The van der Waals surface area contributed by atoms with Crippen LogP contribution in [0.1, 0.15) is 22.3 Å². The van der Waals surface area contributed by atoms with Crippen LogP contribution >= 0.6 is 0 Å². The summed E-state index contributed by atoms with van der Waals surface area (Å²) in [5.41, 5.74) is 19.5. The first kappa shape index (κ1) is 41.0. The lowest BCUT2D eigenvalue weighted by Gasteiger charge is -2.34. The molecule has 8 aromatic carbocycles. The van der Waals surface area contributed by atoms with Crippen LogP contribution < -0.4 is 0 Å². The van der Waals surface area contributed by atoms with Crippen LogP contribution in [0.4, 0.5) is 0 Å². The Morgan fingerprint density at radius 3 is 1.07 bits per heavy atom. The first-order chi connectivity index (χ1) is 36.1. The fraction of sp³-hybridized carbons (Fsp3) is 0.0149. The predicted molar refractivity (Wildman–Crippen MR) is 297 cm³/mol. The summed E-state index contributed by atoms with van der Waals surface area (Å²) in [6, 6.07) is 82.4. The van der Waals surface area contributed by atoms with Gasteiger partial charge in [-0.25, -0.2) is 19.9 Å². The molecule has 0 saturated heterocycles. The Bertz CT molecular complexity index is 4270. The summed E-state index contributed by atoms with van der Waals surface area (Å²) in [5, 5.41) is 6.48. The third-order valence-electron chi connectivity index (χ3n) is 15.0. The second-order valence-corrected chi connectivity index (χ2v) is 19.0. The van der Waals surface area contributed by atoms with Crippen LogP contribution in [0, 0.1) is 0 Å². The molecule has 0 bridgehead atoms. The normalized spacial score (nSPS) is 12.8. The van der Waals surface area contributed by atoms with Gasteiger partial charge in [0, 0.05) is 67.0 Å². The largest absolute Gasteiger partial charge is 0.254 e. The molecule has 0 atom stereocenters. The van der Waals surface area contributed by atoms with Gasteiger partial charge in [0.25, 0.3) is 0 Å². The van der Waals surface area contributed by atoms with Crippen LogP contribution in [0.5, 0.6) is 0 Å². The fourth-order valence-electron chi connectivity index (χ4n) is 11.4. The molecule has 14 aromatic rings. The number of fused-ring (bicyclic) bond motifs is 11. The Morgan fingerprint density at radius 1 is 0.260 bits per heavy atom. The summed E-state index contributed by atoms with van der Waals surface area (Å²) in [6.07, 6.45) is 3.68. The average molecular weight is 929 g/mol. The minimum absolute atomic E-state index is 0.782. The maximum atomic E-state index is 5.27. The van der Waals surface area contributed by atoms with Gasteiger partial charge in [-0.15, -0.1) is 0 Å². The molecule has 0 saturated carbocycles. The second kappa shape index (κ2) is 16.1. The van der Waals surface area contributed by atoms with E-state index in [1.54, 1.807) is 0 Å². The zero-order chi connectivity index (χ0) is 48.0. The van der Waals surface area contributed by atoms with Gasteiger partial charge in [0.1, 0.15) is 0 Å². The molecule has 6 nitrogen and oxygen atoms in total. The molecule has 73 heavy (non-hydrogen) atoms. The average Bonchev–Trinajstić information content (AvgIpc) is 3.76. The summed E-state index contributed by atoms with van der Waals surface area (Å²) >= 11 is 0. The number of para-hydroxylation sites is 2. The molecule has 0 radical (unpaired) electrons. The lowest BCUT2D eigenvalue weighted by Crippen LogP contribution is -2.28. The van der Waals surface area contributed by atoms with Crippen molar-refractivity contribution >= 4 is 65.4 Å². The van der Waals surface area contributed by atoms with Gasteiger partial charge in [-0.3, -0.25) is 9.97 Å². The van der Waals surface area contributed by atoms with E-state index < -0.39 is 5.41 Å². The highest BCUT2D eigenvalue weighted by atomic mass is 14.8. The van der Waals surface area contributed by atoms with Crippen LogP contribution in [-0.4, -0.2) is 29.9 Å². The van der Waals surface area contributed by atoms with Crippen molar-refractivity contribution in [1.82, 2.24) is 29.9 Å². The minimum Gasteiger partial charge on any atom is -0.254 e. The fourth-order valence-corrected chi connectivity index (χ4v) is 11.4. The number of benzene rings is 8. The maximum Gasteiger partial charge on any atom is 0.0972 e. The summed E-state index contributed by atoms with van der Waals surface area (Å²) in [7, 11) is 0. The van der Waals surface area contributed by atoms with Crippen LogP contribution in [-0.2, 0) is 5.41 Å². The second-order valence-electron chi connectivity index (χ2n) is 19.0. The van der Waals surface area contributed by atoms with E-state index in [4.69, 9.17) is 29.9 Å². The van der Waals surface area contributed by atoms with E-state index in [0.29, 0.717) is 0 Å². The van der Waals surface area contributed by atoms with Crippen molar-refractivity contribution in [3.8, 4) is 56.2 Å². The van der Waals surface area contributed by atoms with Crippen molar-refractivity contribution in [3.63, 3.8) is 0 Å². The van der Waals surface area contributed by atoms with E-state index in [2.05, 4.69) is 218 Å². The number of aromatic nitrogens is 6. The summed E-state index contributed by atoms with van der Waals surface area (Å²) in [5.74, 6) is 0. The van der Waals surface area contributed by atoms with Gasteiger partial charge in [-0.05, 0) is 94.0 Å². The van der Waals surface area contributed by atoms with E-state index in [-0.39, 0.29) is 0 Å². The zero-order valence-electron chi connectivity index (χ0n) is 39.3. The Labute approximate surface area is 420 Å². The Balaban J connectivity index is 0.961. The predicted octanol–water partition coefficient (Wildman–Crippen LogP) is 16.0. The number of hydrogen-bond acceptors (Lipinski definition) is 6. The minimum atomic E-state index is -0.782. The lowest BCUT2D eigenvalue weighted by molar-refractivity contribution is 0.769. The van der Waals surface area contributed by atoms with E-state index in [1.165, 1.54) is 22.3 Å². The van der Waals surface area contributed by atoms with Crippen molar-refractivity contribution in [3.05, 3.63) is 265 Å². The van der Waals surface area contributed by atoms with Crippen LogP contribution in [0.2, 0.25) is 0 Å². The van der Waals surface area contributed by atoms with Crippen molar-refractivity contribution in [1.29, 1.82) is 0 Å². The highest BCUT2D eigenvalue weighted by Crippen LogP contribution is 2.58. The van der Waals surface area contributed by atoms with Crippen LogP contribution in [0.3, 0.4) is 0 Å². The van der Waals surface area contributed by atoms with Gasteiger partial charge in [-0.2, -0.15) is 0 Å². The van der Waals surface area contributed by atoms with Crippen molar-refractivity contribution in [2.75, 3.05) is 0 Å². The van der Waals surface area contributed by atoms with E-state index in [0.717, 1.165) is 122 Å². The van der Waals surface area contributed by atoms with E-state index in [9.17, 15) is 0 Å².